The first-order chi connectivity index (χ1) is 14.1. The first kappa shape index (κ1) is 23.9. The van der Waals surface area contributed by atoms with Crippen LogP contribution in [0, 0.1) is 10.1 Å². The number of pyridine rings is 1. The Hall–Kier alpha value is -3.37. The van der Waals surface area contributed by atoms with Gasteiger partial charge in [0.25, 0.3) is 5.69 Å². The highest BCUT2D eigenvalue weighted by molar-refractivity contribution is 6.32. The molecule has 0 radical (unpaired) electrons. The number of alkyl halides is 3. The van der Waals surface area contributed by atoms with Gasteiger partial charge in [-0.05, 0) is 24.3 Å². The molecule has 1 N–H and O–H groups in total. The standard InChI is InChI=1S/C19H11ClF3N3O4.ClH/c20-15-10-12(19(21,22)23)4-7-17(15)30-13-5-6-16(26(28)29)14(11-13)18(27)24-25-8-2-1-3-9-25;/h1-11H;1H. The molecule has 0 saturated heterocycles. The van der Waals surface area contributed by atoms with Crippen LogP contribution in [-0.2, 0) is 6.18 Å². The van der Waals surface area contributed by atoms with Crippen LogP contribution in [0.5, 0.6) is 11.5 Å². The Labute approximate surface area is 184 Å². The molecule has 3 aromatic rings. The van der Waals surface area contributed by atoms with Gasteiger partial charge in [-0.15, -0.1) is 5.43 Å². The molecule has 0 bridgehead atoms. The Kier molecular flexibility index (Phi) is 7.42. The highest BCUT2D eigenvalue weighted by Crippen LogP contribution is 2.37. The van der Waals surface area contributed by atoms with Crippen molar-refractivity contribution < 1.29 is 44.7 Å². The van der Waals surface area contributed by atoms with Gasteiger partial charge >= 0.3 is 12.1 Å². The van der Waals surface area contributed by atoms with Gasteiger partial charge in [-0.2, -0.15) is 13.2 Å². The number of nitrogens with one attached hydrogen (secondary N) is 1. The number of nitro benzene ring substituents is 1. The number of halogens is 5. The summed E-state index contributed by atoms with van der Waals surface area (Å²) in [6.07, 6.45) is -1.53. The summed E-state index contributed by atoms with van der Waals surface area (Å²) in [5.41, 5.74) is 0.706. The molecule has 7 nitrogen and oxygen atoms in total. The maximum atomic E-state index is 12.8. The first-order valence-corrected chi connectivity index (χ1v) is 8.63. The summed E-state index contributed by atoms with van der Waals surface area (Å²) in [5, 5.41) is 11.0. The van der Waals surface area contributed by atoms with Gasteiger partial charge in [0.1, 0.15) is 17.1 Å². The zero-order chi connectivity index (χ0) is 21.9. The summed E-state index contributed by atoms with van der Waals surface area (Å²) in [7, 11) is 0. The zero-order valence-electron chi connectivity index (χ0n) is 15.3. The lowest BCUT2D eigenvalue weighted by Gasteiger charge is -2.11. The van der Waals surface area contributed by atoms with Crippen LogP contribution in [0.2, 0.25) is 5.02 Å². The van der Waals surface area contributed by atoms with Crippen LogP contribution in [0.4, 0.5) is 18.9 Å². The van der Waals surface area contributed by atoms with E-state index in [1.54, 1.807) is 18.2 Å². The highest BCUT2D eigenvalue weighted by atomic mass is 35.5. The van der Waals surface area contributed by atoms with Gasteiger partial charge in [0, 0.05) is 24.3 Å². The molecule has 31 heavy (non-hydrogen) atoms. The quantitative estimate of drug-likeness (QED) is 0.347. The van der Waals surface area contributed by atoms with E-state index in [0.29, 0.717) is 6.07 Å². The highest BCUT2D eigenvalue weighted by Gasteiger charge is 2.31. The first-order valence-electron chi connectivity index (χ1n) is 8.26. The van der Waals surface area contributed by atoms with E-state index in [4.69, 9.17) is 16.3 Å². The lowest BCUT2D eigenvalue weighted by molar-refractivity contribution is -0.641. The number of ether oxygens (including phenoxy) is 1. The van der Waals surface area contributed by atoms with E-state index in [2.05, 4.69) is 5.43 Å². The van der Waals surface area contributed by atoms with Crippen molar-refractivity contribution in [2.75, 3.05) is 5.43 Å². The number of carbonyl (C=O) groups is 1. The van der Waals surface area contributed by atoms with E-state index >= 15 is 0 Å². The number of rotatable bonds is 5. The fourth-order valence-corrected chi connectivity index (χ4v) is 2.68. The monoisotopic (exact) mass is 473 g/mol. The lowest BCUT2D eigenvalue weighted by atomic mass is 10.1. The zero-order valence-corrected chi connectivity index (χ0v) is 16.8. The molecule has 0 aliphatic rings. The number of benzene rings is 2. The van der Waals surface area contributed by atoms with Crippen molar-refractivity contribution >= 4 is 23.2 Å². The van der Waals surface area contributed by atoms with E-state index in [9.17, 15) is 28.1 Å². The maximum absolute atomic E-state index is 12.8. The van der Waals surface area contributed by atoms with Crippen molar-refractivity contribution in [3.63, 3.8) is 0 Å². The van der Waals surface area contributed by atoms with Crippen molar-refractivity contribution in [1.29, 1.82) is 0 Å². The van der Waals surface area contributed by atoms with Gasteiger partial charge in [0.2, 0.25) is 0 Å². The van der Waals surface area contributed by atoms with Crippen LogP contribution >= 0.6 is 11.6 Å². The molecule has 0 spiro atoms. The molecule has 0 aliphatic carbocycles. The molecular formula is C19H12Cl2F3N3O4. The predicted octanol–water partition coefficient (Wildman–Crippen LogP) is 1.73. The average Bonchev–Trinajstić information content (AvgIpc) is 2.69. The number of nitro groups is 1. The Balaban J connectivity index is 0.00000341. The number of nitrogens with zero attached hydrogens (tertiary/aromatic N) is 2. The van der Waals surface area contributed by atoms with E-state index in [0.717, 1.165) is 24.3 Å². The van der Waals surface area contributed by atoms with Gasteiger partial charge in [-0.3, -0.25) is 14.9 Å². The number of aromatic nitrogens is 1. The molecule has 12 heteroatoms. The van der Waals surface area contributed by atoms with Crippen LogP contribution < -0.4 is 27.2 Å². The molecule has 0 unspecified atom stereocenters. The summed E-state index contributed by atoms with van der Waals surface area (Å²) in [4.78, 5) is 23.1. The average molecular weight is 474 g/mol. The Morgan fingerprint density at radius 2 is 1.77 bits per heavy atom. The van der Waals surface area contributed by atoms with Gasteiger partial charge in [0.05, 0.1) is 15.5 Å². The van der Waals surface area contributed by atoms with Crippen LogP contribution in [0.25, 0.3) is 0 Å². The second kappa shape index (κ2) is 9.63. The summed E-state index contributed by atoms with van der Waals surface area (Å²) < 4.78 is 45.0. The topological polar surface area (TPSA) is 85.4 Å². The van der Waals surface area contributed by atoms with Crippen LogP contribution in [0.3, 0.4) is 0 Å². The molecule has 0 atom stereocenters. The fraction of sp³-hybridized carbons (Fsp3) is 0.0526. The van der Waals surface area contributed by atoms with Crippen molar-refractivity contribution in [2.24, 2.45) is 0 Å². The molecule has 2 aromatic carbocycles. The van der Waals surface area contributed by atoms with Crippen molar-refractivity contribution in [2.45, 2.75) is 6.18 Å². The largest absolute Gasteiger partial charge is 1.00 e. The molecular weight excluding hydrogens is 462 g/mol. The van der Waals surface area contributed by atoms with E-state index in [1.165, 1.54) is 23.1 Å². The van der Waals surface area contributed by atoms with E-state index in [-0.39, 0.29) is 34.5 Å². The molecule has 162 valence electrons. The molecule has 3 rings (SSSR count). The third-order valence-electron chi connectivity index (χ3n) is 3.84. The summed E-state index contributed by atoms with van der Waals surface area (Å²) in [6, 6.07) is 10.9. The number of hydrogen-bond acceptors (Lipinski definition) is 4. The number of amides is 1. The molecule has 1 aromatic heterocycles. The molecule has 0 fully saturated rings. The van der Waals surface area contributed by atoms with Gasteiger partial charge in [-0.1, -0.05) is 22.3 Å². The minimum Gasteiger partial charge on any atom is -1.00 e. The second-order valence-corrected chi connectivity index (χ2v) is 6.31. The van der Waals surface area contributed by atoms with Crippen molar-refractivity contribution in [3.8, 4) is 11.5 Å². The summed E-state index contributed by atoms with van der Waals surface area (Å²) >= 11 is 5.86. The lowest BCUT2D eigenvalue weighted by Crippen LogP contribution is -3.00. The van der Waals surface area contributed by atoms with Crippen LogP contribution in [0.15, 0.2) is 67.0 Å². The van der Waals surface area contributed by atoms with Crippen LogP contribution in [-0.4, -0.2) is 10.8 Å². The molecule has 0 aliphatic heterocycles. The summed E-state index contributed by atoms with van der Waals surface area (Å²) in [5.74, 6) is -0.922. The van der Waals surface area contributed by atoms with E-state index in [1.807, 2.05) is 0 Å². The van der Waals surface area contributed by atoms with Gasteiger partial charge in [0.15, 0.2) is 12.4 Å². The normalized spacial score (nSPS) is 10.7. The van der Waals surface area contributed by atoms with E-state index < -0.39 is 28.3 Å². The molecule has 1 heterocycles. The number of carbonyl (C=O) groups excluding carboxylic acids is 1. The second-order valence-electron chi connectivity index (χ2n) is 5.90. The summed E-state index contributed by atoms with van der Waals surface area (Å²) in [6.45, 7) is 0. The third-order valence-corrected chi connectivity index (χ3v) is 4.14. The molecule has 0 saturated carbocycles. The minimum absolute atomic E-state index is 0. The Bertz CT molecular complexity index is 1110. The van der Waals surface area contributed by atoms with Gasteiger partial charge in [-0.25, -0.2) is 0 Å². The van der Waals surface area contributed by atoms with Crippen molar-refractivity contribution in [3.05, 3.63) is 93.3 Å². The van der Waals surface area contributed by atoms with Gasteiger partial charge < -0.3 is 17.1 Å². The smallest absolute Gasteiger partial charge is 0.416 e. The SMILES string of the molecule is O=C(N[n+]1ccccc1)c1cc(Oc2ccc(C(F)(F)F)cc2Cl)ccc1[N+](=O)[O-].[Cl-]. The fourth-order valence-electron chi connectivity index (χ4n) is 2.46. The predicted molar refractivity (Wildman–Crippen MR) is 100.0 cm³/mol. The molecule has 1 amide bonds. The minimum atomic E-state index is -4.57. The van der Waals surface area contributed by atoms with Crippen LogP contribution in [0.1, 0.15) is 15.9 Å². The number of hydrogen-bond donors (Lipinski definition) is 1. The van der Waals surface area contributed by atoms with Crippen molar-refractivity contribution in [1.82, 2.24) is 0 Å². The maximum Gasteiger partial charge on any atom is 0.416 e. The Morgan fingerprint density at radius 1 is 1.10 bits per heavy atom. The third kappa shape index (κ3) is 5.83. The Morgan fingerprint density at radius 3 is 2.35 bits per heavy atom.